The van der Waals surface area contributed by atoms with Gasteiger partial charge in [0.2, 0.25) is 0 Å². The average molecular weight is 651 g/mol. The van der Waals surface area contributed by atoms with Crippen LogP contribution < -0.4 is 19.6 Å². The largest absolute Gasteiger partial charge is 0.496 e. The Morgan fingerprint density at radius 2 is 1.91 bits per heavy atom. The number of fused-ring (bicyclic) bond motifs is 2. The molecule has 6 rings (SSSR count). The van der Waals surface area contributed by atoms with Gasteiger partial charge in [0.1, 0.15) is 11.8 Å². The van der Waals surface area contributed by atoms with Crippen LogP contribution >= 0.6 is 22.9 Å². The van der Waals surface area contributed by atoms with Crippen LogP contribution in [0.5, 0.6) is 5.75 Å². The predicted octanol–water partition coefficient (Wildman–Crippen LogP) is 6.12. The average Bonchev–Trinajstić information content (AvgIpc) is 3.57. The molecule has 5 aromatic rings. The predicted molar refractivity (Wildman–Crippen MR) is 180 cm³/mol. The van der Waals surface area contributed by atoms with Crippen molar-refractivity contribution >= 4 is 45.9 Å². The van der Waals surface area contributed by atoms with Crippen molar-refractivity contribution in [2.24, 2.45) is 4.99 Å². The molecule has 0 saturated heterocycles. The molecule has 232 valence electrons. The topological polar surface area (TPSA) is 98.6 Å². The Kier molecular flexibility index (Phi) is 8.93. The van der Waals surface area contributed by atoms with Crippen molar-refractivity contribution in [2.75, 3.05) is 13.7 Å². The Bertz CT molecular complexity index is 2220. The minimum Gasteiger partial charge on any atom is -0.496 e. The lowest BCUT2D eigenvalue weighted by Gasteiger charge is -2.27. The second-order valence-electron chi connectivity index (χ2n) is 10.8. The van der Waals surface area contributed by atoms with Gasteiger partial charge in [0.15, 0.2) is 4.80 Å². The van der Waals surface area contributed by atoms with Gasteiger partial charge in [0.05, 0.1) is 41.2 Å². The van der Waals surface area contributed by atoms with Crippen LogP contribution in [0.4, 0.5) is 0 Å². The number of ether oxygens (including phenoxy) is 2. The summed E-state index contributed by atoms with van der Waals surface area (Å²) >= 11 is 7.75. The molecule has 0 unspecified atom stereocenters. The Hall–Kier alpha value is -4.91. The van der Waals surface area contributed by atoms with E-state index in [0.29, 0.717) is 55.5 Å². The van der Waals surface area contributed by atoms with Gasteiger partial charge in [-0.2, -0.15) is 5.26 Å². The summed E-state index contributed by atoms with van der Waals surface area (Å²) in [6.07, 6.45) is 5.20. The van der Waals surface area contributed by atoms with Crippen molar-refractivity contribution in [1.29, 1.82) is 5.26 Å². The molecule has 3 heterocycles. The zero-order valence-corrected chi connectivity index (χ0v) is 27.2. The monoisotopic (exact) mass is 650 g/mol. The van der Waals surface area contributed by atoms with Crippen molar-refractivity contribution in [3.8, 4) is 11.8 Å². The highest BCUT2D eigenvalue weighted by atomic mass is 35.5. The fourth-order valence-electron chi connectivity index (χ4n) is 5.88. The molecule has 0 N–H and O–H groups in total. The van der Waals surface area contributed by atoms with Gasteiger partial charge in [-0.25, -0.2) is 9.79 Å². The molecule has 0 amide bonds. The molecule has 0 spiro atoms. The van der Waals surface area contributed by atoms with Crippen LogP contribution in [0.3, 0.4) is 0 Å². The van der Waals surface area contributed by atoms with Crippen LogP contribution in [-0.4, -0.2) is 28.8 Å². The fraction of sp³-hybridized carbons (Fsp3) is 0.222. The number of thiazole rings is 1. The van der Waals surface area contributed by atoms with Crippen molar-refractivity contribution in [1.82, 2.24) is 9.13 Å². The van der Waals surface area contributed by atoms with E-state index in [-0.39, 0.29) is 12.2 Å². The number of hydrogen-bond acceptors (Lipinski definition) is 7. The van der Waals surface area contributed by atoms with E-state index in [9.17, 15) is 14.9 Å². The first-order valence-corrected chi connectivity index (χ1v) is 16.2. The third kappa shape index (κ3) is 5.78. The standard InChI is InChI=1S/C36H31ClN4O4S/c1-4-8-28-32(35(43)45-5-2)33(27-18-25(37)15-16-30(27)44-3)41-34(42)31(46-36(41)39-28)17-24-21-40(29-10-7-6-9-26(24)29)20-23-13-11-22(19-38)12-14-23/h6-7,9-18,21,33H,4-5,8,20H2,1-3H3/b31-17+/t33-/m1/s1. The van der Waals surface area contributed by atoms with E-state index in [4.69, 9.17) is 26.1 Å². The smallest absolute Gasteiger partial charge is 0.338 e. The highest BCUT2D eigenvalue weighted by Gasteiger charge is 2.36. The van der Waals surface area contributed by atoms with Crippen molar-refractivity contribution < 1.29 is 14.3 Å². The maximum absolute atomic E-state index is 14.4. The second kappa shape index (κ2) is 13.2. The van der Waals surface area contributed by atoms with Gasteiger partial charge in [0, 0.05) is 39.8 Å². The minimum atomic E-state index is -0.842. The third-order valence-corrected chi connectivity index (χ3v) is 9.14. The van der Waals surface area contributed by atoms with E-state index in [1.54, 1.807) is 36.8 Å². The summed E-state index contributed by atoms with van der Waals surface area (Å²) < 4.78 is 15.4. The maximum atomic E-state index is 14.4. The molecule has 0 saturated carbocycles. The zero-order valence-electron chi connectivity index (χ0n) is 25.6. The van der Waals surface area contributed by atoms with Crippen molar-refractivity contribution in [3.05, 3.63) is 131 Å². The summed E-state index contributed by atoms with van der Waals surface area (Å²) in [6.45, 7) is 4.54. The van der Waals surface area contributed by atoms with Crippen LogP contribution in [0.25, 0.3) is 17.0 Å². The van der Waals surface area contributed by atoms with Gasteiger partial charge >= 0.3 is 5.97 Å². The number of nitrogens with zero attached hydrogens (tertiary/aromatic N) is 4. The van der Waals surface area contributed by atoms with E-state index in [1.165, 1.54) is 11.3 Å². The zero-order chi connectivity index (χ0) is 32.4. The van der Waals surface area contributed by atoms with E-state index in [0.717, 1.165) is 28.5 Å². The molecule has 0 bridgehead atoms. The molecule has 1 aliphatic heterocycles. The highest BCUT2D eigenvalue weighted by Crippen LogP contribution is 2.38. The molecule has 1 atom stereocenters. The summed E-state index contributed by atoms with van der Waals surface area (Å²) in [5.41, 5.74) is 4.74. The molecule has 1 aliphatic rings. The van der Waals surface area contributed by atoms with Crippen LogP contribution in [0.15, 0.2) is 94.0 Å². The van der Waals surface area contributed by atoms with E-state index in [1.807, 2.05) is 67.7 Å². The number of aromatic nitrogens is 2. The lowest BCUT2D eigenvalue weighted by Crippen LogP contribution is -2.40. The van der Waals surface area contributed by atoms with Crippen LogP contribution in [0, 0.1) is 11.3 Å². The Labute approximate surface area is 274 Å². The summed E-state index contributed by atoms with van der Waals surface area (Å²) in [5, 5.41) is 10.6. The number of carbonyl (C=O) groups is 1. The van der Waals surface area contributed by atoms with Gasteiger partial charge in [-0.3, -0.25) is 9.36 Å². The van der Waals surface area contributed by atoms with Crippen LogP contribution in [0.2, 0.25) is 5.02 Å². The van der Waals surface area contributed by atoms with Gasteiger partial charge in [-0.15, -0.1) is 0 Å². The van der Waals surface area contributed by atoms with E-state index < -0.39 is 12.0 Å². The number of esters is 1. The molecular weight excluding hydrogens is 620 g/mol. The summed E-state index contributed by atoms with van der Waals surface area (Å²) in [7, 11) is 1.55. The normalized spacial score (nSPS) is 14.6. The molecule has 0 fully saturated rings. The number of hydrogen-bond donors (Lipinski definition) is 0. The van der Waals surface area contributed by atoms with Gasteiger partial charge in [-0.1, -0.05) is 66.6 Å². The van der Waals surface area contributed by atoms with Crippen molar-refractivity contribution in [3.63, 3.8) is 0 Å². The van der Waals surface area contributed by atoms with E-state index >= 15 is 0 Å². The van der Waals surface area contributed by atoms with Crippen molar-refractivity contribution in [2.45, 2.75) is 39.3 Å². The number of allylic oxidation sites excluding steroid dienone is 1. The lowest BCUT2D eigenvalue weighted by molar-refractivity contribution is -0.139. The highest BCUT2D eigenvalue weighted by molar-refractivity contribution is 7.07. The molecule has 8 nitrogen and oxygen atoms in total. The number of para-hydroxylation sites is 1. The molecule has 3 aromatic carbocycles. The van der Waals surface area contributed by atoms with Crippen LogP contribution in [0.1, 0.15) is 55.0 Å². The van der Waals surface area contributed by atoms with Gasteiger partial charge < -0.3 is 14.0 Å². The number of methoxy groups -OCH3 is 1. The molecule has 10 heteroatoms. The quantitative estimate of drug-likeness (QED) is 0.179. The third-order valence-electron chi connectivity index (χ3n) is 7.92. The first kappa shape index (κ1) is 31.1. The van der Waals surface area contributed by atoms with Gasteiger partial charge in [-0.05, 0) is 61.4 Å². The number of halogens is 1. The molecule has 46 heavy (non-hydrogen) atoms. The fourth-order valence-corrected chi connectivity index (χ4v) is 7.07. The Morgan fingerprint density at radius 1 is 1.13 bits per heavy atom. The first-order valence-electron chi connectivity index (χ1n) is 15.0. The minimum absolute atomic E-state index is 0.179. The molecule has 0 aliphatic carbocycles. The molecule has 2 aromatic heterocycles. The number of benzene rings is 3. The maximum Gasteiger partial charge on any atom is 0.338 e. The van der Waals surface area contributed by atoms with Crippen LogP contribution in [-0.2, 0) is 16.1 Å². The Morgan fingerprint density at radius 3 is 2.63 bits per heavy atom. The number of nitriles is 1. The van der Waals surface area contributed by atoms with E-state index in [2.05, 4.69) is 10.6 Å². The SMILES string of the molecule is CCCC1=C(C(=O)OCC)[C@@H](c2cc(Cl)ccc2OC)n2c(s/c(=C/c3cn(Cc4ccc(C#N)cc4)c4ccccc34)c2=O)=N1. The molecule has 0 radical (unpaired) electrons. The Balaban J connectivity index is 1.55. The lowest BCUT2D eigenvalue weighted by atomic mass is 9.93. The number of carbonyl (C=O) groups excluding carboxylic acids is 1. The molecular formula is C36H31ClN4O4S. The number of rotatable bonds is 9. The second-order valence-corrected chi connectivity index (χ2v) is 12.3. The summed E-state index contributed by atoms with van der Waals surface area (Å²) in [5.74, 6) is -0.0312. The first-order chi connectivity index (χ1) is 22.4. The van der Waals surface area contributed by atoms with Gasteiger partial charge in [0.25, 0.3) is 5.56 Å². The summed E-state index contributed by atoms with van der Waals surface area (Å²) in [4.78, 5) is 33.3. The summed E-state index contributed by atoms with van der Waals surface area (Å²) in [6, 6.07) is 22.1.